The Bertz CT molecular complexity index is 1030. The van der Waals surface area contributed by atoms with Gasteiger partial charge in [0.15, 0.2) is 5.82 Å². The van der Waals surface area contributed by atoms with Gasteiger partial charge in [0.2, 0.25) is 5.69 Å². The number of morpholine rings is 1. The number of hydrogen-bond donors (Lipinski definition) is 1. The fourth-order valence-electron chi connectivity index (χ4n) is 3.30. The maximum absolute atomic E-state index is 7.90. The molecule has 6 nitrogen and oxygen atoms in total. The molecule has 2 aromatic heterocycles. The lowest BCUT2D eigenvalue weighted by molar-refractivity contribution is 0.0387. The van der Waals surface area contributed by atoms with Gasteiger partial charge in [-0.3, -0.25) is 0 Å². The standard InChI is InChI=1S/C19H17Cl2N5OS/c1-3-12-9-26(6-7-27-12)19-16(22-2)15(13-5-4-11(20)8-14(13)21)17(28-19)18-23-10-24-25-18/h4-5,8,10,12H,3,6-7,9H2,1H3,(H,23,24,25)/t12-/m0/s1. The lowest BCUT2D eigenvalue weighted by Gasteiger charge is -2.33. The molecule has 3 aromatic rings. The van der Waals surface area contributed by atoms with Crippen LogP contribution in [0.3, 0.4) is 0 Å². The van der Waals surface area contributed by atoms with E-state index in [2.05, 4.69) is 31.9 Å². The highest BCUT2D eigenvalue weighted by Gasteiger charge is 2.29. The Kier molecular flexibility index (Phi) is 5.56. The van der Waals surface area contributed by atoms with E-state index >= 15 is 0 Å². The molecular formula is C19H17Cl2N5OS. The number of ether oxygens (including phenoxy) is 1. The van der Waals surface area contributed by atoms with Crippen molar-refractivity contribution in [2.24, 2.45) is 0 Å². The predicted octanol–water partition coefficient (Wildman–Crippen LogP) is 5.67. The first-order valence-electron chi connectivity index (χ1n) is 8.85. The van der Waals surface area contributed by atoms with Crippen molar-refractivity contribution in [1.82, 2.24) is 15.2 Å². The number of halogens is 2. The van der Waals surface area contributed by atoms with Crippen LogP contribution in [0.15, 0.2) is 24.5 Å². The van der Waals surface area contributed by atoms with Gasteiger partial charge in [0.05, 0.1) is 29.2 Å². The monoisotopic (exact) mass is 433 g/mol. The summed E-state index contributed by atoms with van der Waals surface area (Å²) in [6.07, 6.45) is 2.62. The highest BCUT2D eigenvalue weighted by Crippen LogP contribution is 2.53. The van der Waals surface area contributed by atoms with Gasteiger partial charge in [0.1, 0.15) is 6.33 Å². The topological polar surface area (TPSA) is 58.4 Å². The quantitative estimate of drug-likeness (QED) is 0.538. The zero-order valence-electron chi connectivity index (χ0n) is 15.1. The molecule has 9 heteroatoms. The normalized spacial score (nSPS) is 16.9. The molecule has 0 spiro atoms. The molecule has 1 saturated heterocycles. The molecule has 1 aliphatic heterocycles. The molecule has 0 bridgehead atoms. The fourth-order valence-corrected chi connectivity index (χ4v) is 5.05. The summed E-state index contributed by atoms with van der Waals surface area (Å²) in [5.74, 6) is 0.613. The molecule has 1 atom stereocenters. The summed E-state index contributed by atoms with van der Waals surface area (Å²) in [6.45, 7) is 12.1. The van der Waals surface area contributed by atoms with Crippen molar-refractivity contribution >= 4 is 45.2 Å². The van der Waals surface area contributed by atoms with Gasteiger partial charge in [-0.25, -0.2) is 4.85 Å². The number of hydrogen-bond acceptors (Lipinski definition) is 5. The van der Waals surface area contributed by atoms with Gasteiger partial charge in [0.25, 0.3) is 0 Å². The smallest absolute Gasteiger partial charge is 0.229 e. The predicted molar refractivity (Wildman–Crippen MR) is 114 cm³/mol. The fraction of sp³-hybridized carbons (Fsp3) is 0.316. The second kappa shape index (κ2) is 8.10. The van der Waals surface area contributed by atoms with E-state index in [1.807, 2.05) is 6.07 Å². The van der Waals surface area contributed by atoms with Crippen molar-refractivity contribution in [2.75, 3.05) is 24.6 Å². The molecule has 1 fully saturated rings. The maximum Gasteiger partial charge on any atom is 0.229 e. The number of aromatic nitrogens is 3. The molecule has 0 amide bonds. The van der Waals surface area contributed by atoms with E-state index in [1.165, 1.54) is 17.7 Å². The summed E-state index contributed by atoms with van der Waals surface area (Å²) in [6, 6.07) is 5.31. The third kappa shape index (κ3) is 3.49. The molecule has 0 aliphatic carbocycles. The van der Waals surface area contributed by atoms with Gasteiger partial charge >= 0.3 is 0 Å². The van der Waals surface area contributed by atoms with Gasteiger partial charge in [-0.05, 0) is 24.1 Å². The largest absolute Gasteiger partial charge is 0.375 e. The third-order valence-electron chi connectivity index (χ3n) is 4.69. The Morgan fingerprint density at radius 1 is 1.43 bits per heavy atom. The van der Waals surface area contributed by atoms with Crippen molar-refractivity contribution in [3.63, 3.8) is 0 Å². The number of aromatic amines is 1. The second-order valence-electron chi connectivity index (χ2n) is 6.38. The van der Waals surface area contributed by atoms with E-state index in [-0.39, 0.29) is 6.10 Å². The Morgan fingerprint density at radius 2 is 2.29 bits per heavy atom. The van der Waals surface area contributed by atoms with E-state index < -0.39 is 0 Å². The number of H-pyrrole nitrogens is 1. The molecule has 4 rings (SSSR count). The van der Waals surface area contributed by atoms with Gasteiger partial charge < -0.3 is 14.6 Å². The highest BCUT2D eigenvalue weighted by atomic mass is 35.5. The zero-order valence-corrected chi connectivity index (χ0v) is 17.4. The molecule has 3 heterocycles. The average molecular weight is 434 g/mol. The van der Waals surface area contributed by atoms with Crippen LogP contribution in [-0.2, 0) is 4.74 Å². The second-order valence-corrected chi connectivity index (χ2v) is 8.22. The summed E-state index contributed by atoms with van der Waals surface area (Å²) in [4.78, 5) is 10.0. The first kappa shape index (κ1) is 19.2. The Morgan fingerprint density at radius 3 is 2.96 bits per heavy atom. The molecule has 144 valence electrons. The molecule has 0 unspecified atom stereocenters. The first-order valence-corrected chi connectivity index (χ1v) is 10.4. The van der Waals surface area contributed by atoms with E-state index in [4.69, 9.17) is 34.5 Å². The lowest BCUT2D eigenvalue weighted by Crippen LogP contribution is -2.41. The van der Waals surface area contributed by atoms with Crippen LogP contribution in [0.1, 0.15) is 13.3 Å². The lowest BCUT2D eigenvalue weighted by atomic mass is 10.0. The Labute approximate surface area is 176 Å². The summed E-state index contributed by atoms with van der Waals surface area (Å²) < 4.78 is 5.80. The van der Waals surface area contributed by atoms with E-state index in [0.717, 1.165) is 40.5 Å². The maximum atomic E-state index is 7.90. The summed E-state index contributed by atoms with van der Waals surface area (Å²) in [7, 11) is 0. The minimum Gasteiger partial charge on any atom is -0.375 e. The van der Waals surface area contributed by atoms with Gasteiger partial charge in [0, 0.05) is 28.7 Å². The Hall–Kier alpha value is -2.11. The van der Waals surface area contributed by atoms with Crippen LogP contribution in [0.4, 0.5) is 10.7 Å². The number of nitrogens with zero attached hydrogens (tertiary/aromatic N) is 4. The van der Waals surface area contributed by atoms with Crippen LogP contribution in [-0.4, -0.2) is 41.0 Å². The summed E-state index contributed by atoms with van der Waals surface area (Å²) in [5.41, 5.74) is 2.08. The molecule has 1 aromatic carbocycles. The van der Waals surface area contributed by atoms with Crippen LogP contribution in [0, 0.1) is 6.57 Å². The van der Waals surface area contributed by atoms with Crippen LogP contribution < -0.4 is 4.90 Å². The molecule has 0 radical (unpaired) electrons. The van der Waals surface area contributed by atoms with E-state index in [0.29, 0.717) is 28.2 Å². The molecule has 0 saturated carbocycles. The average Bonchev–Trinajstić information content (AvgIpc) is 3.35. The van der Waals surface area contributed by atoms with Crippen molar-refractivity contribution in [3.8, 4) is 21.8 Å². The number of thiophene rings is 1. The van der Waals surface area contributed by atoms with Gasteiger partial charge in [-0.1, -0.05) is 36.2 Å². The van der Waals surface area contributed by atoms with Crippen LogP contribution in [0.25, 0.3) is 26.7 Å². The molecule has 28 heavy (non-hydrogen) atoms. The zero-order chi connectivity index (χ0) is 19.7. The first-order chi connectivity index (χ1) is 13.6. The number of nitrogens with one attached hydrogen (secondary N) is 1. The van der Waals surface area contributed by atoms with Crippen molar-refractivity contribution < 1.29 is 4.74 Å². The third-order valence-corrected chi connectivity index (χ3v) is 6.48. The van der Waals surface area contributed by atoms with Crippen LogP contribution >= 0.6 is 34.5 Å². The minimum absolute atomic E-state index is 0.158. The number of anilines is 1. The van der Waals surface area contributed by atoms with E-state index in [9.17, 15) is 0 Å². The van der Waals surface area contributed by atoms with Crippen molar-refractivity contribution in [1.29, 1.82) is 0 Å². The number of benzene rings is 1. The Balaban J connectivity index is 1.91. The molecular weight excluding hydrogens is 417 g/mol. The van der Waals surface area contributed by atoms with Crippen molar-refractivity contribution in [3.05, 3.63) is 46.0 Å². The van der Waals surface area contributed by atoms with Crippen LogP contribution in [0.2, 0.25) is 10.0 Å². The molecule has 1 aliphatic rings. The number of rotatable bonds is 4. The summed E-state index contributed by atoms with van der Waals surface area (Å²) in [5, 5.41) is 10.0. The van der Waals surface area contributed by atoms with Gasteiger partial charge in [-0.15, -0.1) is 21.5 Å². The van der Waals surface area contributed by atoms with Crippen molar-refractivity contribution in [2.45, 2.75) is 19.4 Å². The summed E-state index contributed by atoms with van der Waals surface area (Å²) >= 11 is 14.1. The van der Waals surface area contributed by atoms with Gasteiger partial charge in [-0.2, -0.15) is 0 Å². The highest BCUT2D eigenvalue weighted by molar-refractivity contribution is 7.20. The minimum atomic E-state index is 0.158. The molecule has 1 N–H and O–H groups in total. The van der Waals surface area contributed by atoms with E-state index in [1.54, 1.807) is 12.1 Å². The van der Waals surface area contributed by atoms with Crippen LogP contribution in [0.5, 0.6) is 0 Å². The SMILES string of the molecule is [C-]#[N+]c1c(N2CCO[C@@H](CC)C2)sc(-c2nnc[nH]2)c1-c1ccc(Cl)cc1Cl.